The van der Waals surface area contributed by atoms with Crippen LogP contribution in [0.25, 0.3) is 6.08 Å². The Hall–Kier alpha value is -4.69. The minimum atomic E-state index is -0.505. The molecule has 0 fully saturated rings. The third-order valence-corrected chi connectivity index (χ3v) is 7.05. The number of benzene rings is 4. The number of hydrogen-bond donors (Lipinski definition) is 3. The second-order valence-corrected chi connectivity index (χ2v) is 10.5. The quantitative estimate of drug-likeness (QED) is 0.141. The standard InChI is InChI=1S/C33H30FN3O3S/c1-22(2)24-17-15-23(16-18-24)19-30(37-32(39)25-9-4-3-5-10-25)33(40)35-26-11-8-12-27(20-26)41-21-31(38)36-29-14-7-6-13-28(29)34/h3-20,22H,21H2,1-2H3,(H,35,40)(H,36,38)(H,37,39)/b30-19+. The Morgan fingerprint density at radius 3 is 2.24 bits per heavy atom. The Morgan fingerprint density at radius 1 is 0.829 bits per heavy atom. The number of para-hydroxylation sites is 1. The molecule has 8 heteroatoms. The summed E-state index contributed by atoms with van der Waals surface area (Å²) in [6.45, 7) is 4.21. The minimum absolute atomic E-state index is 0.0520. The molecular formula is C33H30FN3O3S. The Labute approximate surface area is 243 Å². The van der Waals surface area contributed by atoms with E-state index in [2.05, 4.69) is 29.8 Å². The van der Waals surface area contributed by atoms with E-state index in [1.807, 2.05) is 30.3 Å². The van der Waals surface area contributed by atoms with Gasteiger partial charge in [0, 0.05) is 16.1 Å². The second-order valence-electron chi connectivity index (χ2n) is 9.50. The average Bonchev–Trinajstić information content (AvgIpc) is 2.98. The monoisotopic (exact) mass is 567 g/mol. The van der Waals surface area contributed by atoms with E-state index >= 15 is 0 Å². The Balaban J connectivity index is 1.47. The van der Waals surface area contributed by atoms with Gasteiger partial charge in [0.15, 0.2) is 0 Å². The van der Waals surface area contributed by atoms with Crippen LogP contribution in [0.15, 0.2) is 114 Å². The van der Waals surface area contributed by atoms with Gasteiger partial charge in [0.1, 0.15) is 11.5 Å². The van der Waals surface area contributed by atoms with Crippen molar-refractivity contribution < 1.29 is 18.8 Å². The molecule has 0 saturated heterocycles. The van der Waals surface area contributed by atoms with Gasteiger partial charge in [-0.15, -0.1) is 11.8 Å². The summed E-state index contributed by atoms with van der Waals surface area (Å²) < 4.78 is 13.8. The predicted molar refractivity (Wildman–Crippen MR) is 163 cm³/mol. The van der Waals surface area contributed by atoms with E-state index < -0.39 is 17.6 Å². The van der Waals surface area contributed by atoms with Crippen molar-refractivity contribution in [3.63, 3.8) is 0 Å². The first-order valence-corrected chi connectivity index (χ1v) is 14.0. The minimum Gasteiger partial charge on any atom is -0.323 e. The van der Waals surface area contributed by atoms with E-state index in [9.17, 15) is 18.8 Å². The van der Waals surface area contributed by atoms with Crippen molar-refractivity contribution in [3.8, 4) is 0 Å². The lowest BCUT2D eigenvalue weighted by molar-refractivity contribution is -0.114. The summed E-state index contributed by atoms with van der Waals surface area (Å²) >= 11 is 1.25. The largest absolute Gasteiger partial charge is 0.323 e. The maximum absolute atomic E-state index is 13.8. The number of hydrogen-bond acceptors (Lipinski definition) is 4. The molecule has 41 heavy (non-hydrogen) atoms. The first-order chi connectivity index (χ1) is 19.8. The molecular weight excluding hydrogens is 537 g/mol. The molecule has 0 unspecified atom stereocenters. The molecule has 0 bridgehead atoms. The zero-order valence-corrected chi connectivity index (χ0v) is 23.5. The Kier molecular flexibility index (Phi) is 10.1. The maximum Gasteiger partial charge on any atom is 0.272 e. The number of halogens is 1. The van der Waals surface area contributed by atoms with E-state index in [4.69, 9.17) is 0 Å². The molecule has 3 N–H and O–H groups in total. The summed E-state index contributed by atoms with van der Waals surface area (Å²) in [4.78, 5) is 39.3. The first kappa shape index (κ1) is 29.3. The van der Waals surface area contributed by atoms with Crippen LogP contribution in [0.4, 0.5) is 15.8 Å². The highest BCUT2D eigenvalue weighted by Crippen LogP contribution is 2.23. The van der Waals surface area contributed by atoms with Gasteiger partial charge in [-0.05, 0) is 65.6 Å². The van der Waals surface area contributed by atoms with E-state index in [0.717, 1.165) is 10.5 Å². The Bertz CT molecular complexity index is 1550. The van der Waals surface area contributed by atoms with Gasteiger partial charge in [0.25, 0.3) is 11.8 Å². The third kappa shape index (κ3) is 8.65. The zero-order valence-electron chi connectivity index (χ0n) is 22.7. The van der Waals surface area contributed by atoms with Crippen LogP contribution < -0.4 is 16.0 Å². The molecule has 0 aliphatic rings. The lowest BCUT2D eigenvalue weighted by Crippen LogP contribution is -2.30. The van der Waals surface area contributed by atoms with Crippen LogP contribution in [0, 0.1) is 5.82 Å². The van der Waals surface area contributed by atoms with Crippen molar-refractivity contribution in [2.45, 2.75) is 24.7 Å². The smallest absolute Gasteiger partial charge is 0.272 e. The highest BCUT2D eigenvalue weighted by molar-refractivity contribution is 8.00. The van der Waals surface area contributed by atoms with E-state index in [1.165, 1.54) is 29.5 Å². The average molecular weight is 568 g/mol. The molecule has 0 saturated carbocycles. The van der Waals surface area contributed by atoms with E-state index in [0.29, 0.717) is 17.2 Å². The Morgan fingerprint density at radius 2 is 1.54 bits per heavy atom. The van der Waals surface area contributed by atoms with Crippen LogP contribution in [0.2, 0.25) is 0 Å². The van der Waals surface area contributed by atoms with Gasteiger partial charge < -0.3 is 16.0 Å². The van der Waals surface area contributed by atoms with Crippen molar-refractivity contribution in [3.05, 3.63) is 131 Å². The lowest BCUT2D eigenvalue weighted by Gasteiger charge is -2.13. The van der Waals surface area contributed by atoms with Crippen molar-refractivity contribution in [2.75, 3.05) is 16.4 Å². The fourth-order valence-electron chi connectivity index (χ4n) is 3.85. The van der Waals surface area contributed by atoms with Crippen LogP contribution in [0.3, 0.4) is 0 Å². The summed E-state index contributed by atoms with van der Waals surface area (Å²) in [5.74, 6) is -1.35. The molecule has 0 aliphatic heterocycles. The van der Waals surface area contributed by atoms with Crippen molar-refractivity contribution >= 4 is 46.9 Å². The fraction of sp³-hybridized carbons (Fsp3) is 0.121. The fourth-order valence-corrected chi connectivity index (χ4v) is 4.60. The molecule has 208 valence electrons. The van der Waals surface area contributed by atoms with Crippen LogP contribution in [-0.4, -0.2) is 23.5 Å². The van der Waals surface area contributed by atoms with Crippen LogP contribution in [0.5, 0.6) is 0 Å². The maximum atomic E-state index is 13.8. The number of carbonyl (C=O) groups is 3. The molecule has 0 heterocycles. The number of carbonyl (C=O) groups excluding carboxylic acids is 3. The van der Waals surface area contributed by atoms with Crippen molar-refractivity contribution in [2.24, 2.45) is 0 Å². The van der Waals surface area contributed by atoms with Gasteiger partial charge in [0.2, 0.25) is 5.91 Å². The number of amides is 3. The third-order valence-electron chi connectivity index (χ3n) is 6.05. The van der Waals surface area contributed by atoms with Gasteiger partial charge in [0.05, 0.1) is 11.4 Å². The van der Waals surface area contributed by atoms with Gasteiger partial charge >= 0.3 is 0 Å². The molecule has 0 aliphatic carbocycles. The summed E-state index contributed by atoms with van der Waals surface area (Å²) in [6.07, 6.45) is 1.63. The molecule has 6 nitrogen and oxygen atoms in total. The second kappa shape index (κ2) is 14.1. The highest BCUT2D eigenvalue weighted by atomic mass is 32.2. The number of thioether (sulfide) groups is 1. The molecule has 0 spiro atoms. The predicted octanol–water partition coefficient (Wildman–Crippen LogP) is 7.09. The van der Waals surface area contributed by atoms with Crippen LogP contribution in [0.1, 0.15) is 41.3 Å². The summed E-state index contributed by atoms with van der Waals surface area (Å²) in [5.41, 5.74) is 3.04. The van der Waals surface area contributed by atoms with Crippen molar-refractivity contribution in [1.29, 1.82) is 0 Å². The number of anilines is 2. The summed E-state index contributed by atoms with van der Waals surface area (Å²) in [6, 6.07) is 29.4. The summed E-state index contributed by atoms with van der Waals surface area (Å²) in [5, 5.41) is 8.14. The van der Waals surface area contributed by atoms with Crippen molar-refractivity contribution in [1.82, 2.24) is 5.32 Å². The lowest BCUT2D eigenvalue weighted by atomic mass is 10.0. The molecule has 0 radical (unpaired) electrons. The molecule has 0 atom stereocenters. The topological polar surface area (TPSA) is 87.3 Å². The van der Waals surface area contributed by atoms with Crippen LogP contribution in [-0.2, 0) is 9.59 Å². The van der Waals surface area contributed by atoms with Gasteiger partial charge in [-0.3, -0.25) is 14.4 Å². The van der Waals surface area contributed by atoms with E-state index in [-0.39, 0.29) is 23.0 Å². The van der Waals surface area contributed by atoms with Crippen LogP contribution >= 0.6 is 11.8 Å². The van der Waals surface area contributed by atoms with Gasteiger partial charge in [-0.2, -0.15) is 0 Å². The number of rotatable bonds is 10. The molecule has 4 aromatic rings. The normalized spacial score (nSPS) is 11.2. The molecule has 4 aromatic carbocycles. The van der Waals surface area contributed by atoms with Gasteiger partial charge in [-0.25, -0.2) is 4.39 Å². The first-order valence-electron chi connectivity index (χ1n) is 13.0. The molecule has 4 rings (SSSR count). The zero-order chi connectivity index (χ0) is 29.2. The molecule has 0 aromatic heterocycles. The number of nitrogens with one attached hydrogen (secondary N) is 3. The van der Waals surface area contributed by atoms with E-state index in [1.54, 1.807) is 66.7 Å². The molecule has 3 amide bonds. The SMILES string of the molecule is CC(C)c1ccc(/C=C(/NC(=O)c2ccccc2)C(=O)Nc2cccc(SCC(=O)Nc3ccccc3F)c2)cc1. The summed E-state index contributed by atoms with van der Waals surface area (Å²) in [7, 11) is 0. The highest BCUT2D eigenvalue weighted by Gasteiger charge is 2.16. The van der Waals surface area contributed by atoms with Gasteiger partial charge in [-0.1, -0.05) is 74.5 Å².